The van der Waals surface area contributed by atoms with Gasteiger partial charge < -0.3 is 0 Å². The fourth-order valence-corrected chi connectivity index (χ4v) is 3.99. The molecule has 4 aromatic rings. The van der Waals surface area contributed by atoms with Crippen molar-refractivity contribution in [2.45, 2.75) is 11.1 Å². The summed E-state index contributed by atoms with van der Waals surface area (Å²) in [5, 5.41) is 9.55. The van der Waals surface area contributed by atoms with Crippen LogP contribution in [0.15, 0.2) is 71.8 Å². The molecule has 2 aromatic carbocycles. The summed E-state index contributed by atoms with van der Waals surface area (Å²) in [6.45, 7) is 0. The van der Waals surface area contributed by atoms with Crippen molar-refractivity contribution in [1.29, 1.82) is 0 Å². The third-order valence-electron chi connectivity index (χ3n) is 4.52. The zero-order valence-electron chi connectivity index (χ0n) is 15.1. The molecule has 30 heavy (non-hydrogen) atoms. The molecule has 0 aliphatic heterocycles. The molecule has 0 bridgehead atoms. The van der Waals surface area contributed by atoms with Gasteiger partial charge in [0.05, 0.1) is 16.0 Å². The van der Waals surface area contributed by atoms with Crippen molar-refractivity contribution in [3.8, 4) is 22.4 Å². The van der Waals surface area contributed by atoms with Crippen LogP contribution in [0.2, 0.25) is 0 Å². The van der Waals surface area contributed by atoms with E-state index in [1.54, 1.807) is 6.07 Å². The smallest absolute Gasteiger partial charge is 0.239 e. The summed E-state index contributed by atoms with van der Waals surface area (Å²) < 4.78 is 78.5. The lowest BCUT2D eigenvalue weighted by Crippen LogP contribution is -2.13. The first-order valence-corrected chi connectivity index (χ1v) is 10.1. The average Bonchev–Trinajstić information content (AvgIpc) is 3.05. The number of nitrogens with two attached hydrogens (primary N) is 1. The summed E-state index contributed by atoms with van der Waals surface area (Å²) in [5.74, 6) is -0.578. The van der Waals surface area contributed by atoms with E-state index < -0.39 is 27.6 Å². The number of aromatic nitrogens is 2. The molecule has 2 aromatic heterocycles. The zero-order chi connectivity index (χ0) is 21.7. The first kappa shape index (κ1) is 20.0. The van der Waals surface area contributed by atoms with E-state index >= 15 is 0 Å². The number of fused-ring (bicyclic) bond motifs is 1. The van der Waals surface area contributed by atoms with Gasteiger partial charge in [0.25, 0.3) is 0 Å². The lowest BCUT2D eigenvalue weighted by Gasteiger charge is -2.10. The highest BCUT2D eigenvalue weighted by Gasteiger charge is 2.32. The predicted molar refractivity (Wildman–Crippen MR) is 102 cm³/mol. The molecule has 154 valence electrons. The van der Waals surface area contributed by atoms with Crippen molar-refractivity contribution in [2.24, 2.45) is 5.14 Å². The first-order valence-electron chi connectivity index (χ1n) is 8.53. The van der Waals surface area contributed by atoms with E-state index in [1.165, 1.54) is 42.5 Å². The number of rotatable bonds is 3. The number of sulfonamides is 1. The van der Waals surface area contributed by atoms with Gasteiger partial charge >= 0.3 is 6.18 Å². The van der Waals surface area contributed by atoms with Crippen molar-refractivity contribution in [3.63, 3.8) is 0 Å². The summed E-state index contributed by atoms with van der Waals surface area (Å²) in [7, 11) is -4.16. The molecule has 0 saturated carbocycles. The fourth-order valence-electron chi connectivity index (χ4n) is 3.24. The Morgan fingerprint density at radius 1 is 0.967 bits per heavy atom. The standard InChI is InChI=1S/C20H13F4N3O2S/c21-14-5-3-4-12(10-14)19-18(15-6-1-2-7-17(15)30(25,28)29)16-9-8-13(20(22,23)24)11-27(16)26-19/h1-11H,(H2,25,28,29). The molecule has 0 aliphatic carbocycles. The Labute approximate surface area is 168 Å². The van der Waals surface area contributed by atoms with Crippen LogP contribution in [0.4, 0.5) is 17.6 Å². The van der Waals surface area contributed by atoms with Crippen LogP contribution in [0, 0.1) is 5.82 Å². The minimum absolute atomic E-state index is 0.116. The molecule has 0 amide bonds. The van der Waals surface area contributed by atoms with E-state index in [4.69, 9.17) is 5.14 Å². The van der Waals surface area contributed by atoms with Crippen LogP contribution >= 0.6 is 0 Å². The molecule has 2 N–H and O–H groups in total. The monoisotopic (exact) mass is 435 g/mol. The fraction of sp³-hybridized carbons (Fsp3) is 0.0500. The average molecular weight is 435 g/mol. The minimum atomic E-state index is -4.60. The van der Waals surface area contributed by atoms with E-state index in [-0.39, 0.29) is 32.8 Å². The normalized spacial score (nSPS) is 12.4. The van der Waals surface area contributed by atoms with Crippen LogP contribution in [-0.4, -0.2) is 18.0 Å². The Kier molecular flexibility index (Phi) is 4.63. The number of halogens is 4. The molecular weight excluding hydrogens is 422 g/mol. The van der Waals surface area contributed by atoms with Crippen LogP contribution in [0.25, 0.3) is 27.9 Å². The lowest BCUT2D eigenvalue weighted by molar-refractivity contribution is -0.137. The highest BCUT2D eigenvalue weighted by Crippen LogP contribution is 2.39. The first-order chi connectivity index (χ1) is 14.1. The number of primary sulfonamides is 1. The second kappa shape index (κ2) is 6.92. The highest BCUT2D eigenvalue weighted by atomic mass is 32.2. The van der Waals surface area contributed by atoms with Gasteiger partial charge in [-0.2, -0.15) is 18.3 Å². The van der Waals surface area contributed by atoms with Crippen molar-refractivity contribution < 1.29 is 26.0 Å². The van der Waals surface area contributed by atoms with Crippen LogP contribution in [0.1, 0.15) is 5.56 Å². The molecule has 5 nitrogen and oxygen atoms in total. The minimum Gasteiger partial charge on any atom is -0.239 e. The maximum Gasteiger partial charge on any atom is 0.417 e. The summed E-state index contributed by atoms with van der Waals surface area (Å²) in [4.78, 5) is -0.225. The van der Waals surface area contributed by atoms with Gasteiger partial charge in [-0.05, 0) is 30.3 Å². The third kappa shape index (κ3) is 3.55. The maximum atomic E-state index is 13.8. The zero-order valence-corrected chi connectivity index (χ0v) is 15.9. The van der Waals surface area contributed by atoms with E-state index in [9.17, 15) is 26.0 Å². The number of nitrogens with zero attached hydrogens (tertiary/aromatic N) is 2. The van der Waals surface area contributed by atoms with E-state index in [0.717, 1.165) is 22.8 Å². The van der Waals surface area contributed by atoms with Gasteiger partial charge in [0.15, 0.2) is 0 Å². The number of benzene rings is 2. The Balaban J connectivity index is 2.11. The van der Waals surface area contributed by atoms with Gasteiger partial charge in [0, 0.05) is 22.9 Å². The lowest BCUT2D eigenvalue weighted by atomic mass is 9.99. The highest BCUT2D eigenvalue weighted by molar-refractivity contribution is 7.89. The Bertz CT molecular complexity index is 1380. The largest absolute Gasteiger partial charge is 0.417 e. The quantitative estimate of drug-likeness (QED) is 0.482. The maximum absolute atomic E-state index is 13.8. The van der Waals surface area contributed by atoms with Crippen molar-refractivity contribution in [3.05, 3.63) is 78.2 Å². The van der Waals surface area contributed by atoms with Gasteiger partial charge in [-0.15, -0.1) is 0 Å². The summed E-state index contributed by atoms with van der Waals surface area (Å²) in [6.07, 6.45) is -3.81. The molecule has 2 heterocycles. The summed E-state index contributed by atoms with van der Waals surface area (Å²) in [5.41, 5.74) is 0.0253. The van der Waals surface area contributed by atoms with Crippen molar-refractivity contribution in [1.82, 2.24) is 9.61 Å². The molecule has 0 aliphatic rings. The number of alkyl halides is 3. The molecule has 0 fully saturated rings. The van der Waals surface area contributed by atoms with Crippen LogP contribution in [0.3, 0.4) is 0 Å². The van der Waals surface area contributed by atoms with E-state index in [1.807, 2.05) is 0 Å². The second-order valence-corrected chi connectivity index (χ2v) is 8.05. The molecule has 10 heteroatoms. The molecule has 0 unspecified atom stereocenters. The number of pyridine rings is 1. The molecular formula is C20H13F4N3O2S. The number of hydrogen-bond donors (Lipinski definition) is 1. The molecule has 0 radical (unpaired) electrons. The second-order valence-electron chi connectivity index (χ2n) is 6.52. The van der Waals surface area contributed by atoms with Gasteiger partial charge in [-0.25, -0.2) is 22.5 Å². The van der Waals surface area contributed by atoms with Gasteiger partial charge in [0.1, 0.15) is 11.5 Å². The van der Waals surface area contributed by atoms with Crippen molar-refractivity contribution >= 4 is 15.5 Å². The molecule has 0 saturated heterocycles. The molecule has 0 spiro atoms. The molecule has 0 atom stereocenters. The Hall–Kier alpha value is -3.24. The van der Waals surface area contributed by atoms with Gasteiger partial charge in [-0.3, -0.25) is 0 Å². The Morgan fingerprint density at radius 2 is 1.70 bits per heavy atom. The van der Waals surface area contributed by atoms with Crippen LogP contribution in [0.5, 0.6) is 0 Å². The Morgan fingerprint density at radius 3 is 2.37 bits per heavy atom. The van der Waals surface area contributed by atoms with E-state index in [0.29, 0.717) is 0 Å². The SMILES string of the molecule is NS(=O)(=O)c1ccccc1-c1c(-c2cccc(F)c2)nn2cc(C(F)(F)F)ccc12. The topological polar surface area (TPSA) is 77.5 Å². The third-order valence-corrected chi connectivity index (χ3v) is 5.49. The summed E-state index contributed by atoms with van der Waals surface area (Å²) >= 11 is 0. The van der Waals surface area contributed by atoms with Gasteiger partial charge in [0.2, 0.25) is 10.0 Å². The van der Waals surface area contributed by atoms with Crippen LogP contribution in [-0.2, 0) is 16.2 Å². The van der Waals surface area contributed by atoms with E-state index in [2.05, 4.69) is 5.10 Å². The molecule has 4 rings (SSSR count). The van der Waals surface area contributed by atoms with Gasteiger partial charge in [-0.1, -0.05) is 30.3 Å². The predicted octanol–water partition coefficient (Wildman–Crippen LogP) is 4.47. The van der Waals surface area contributed by atoms with Crippen LogP contribution < -0.4 is 5.14 Å². The number of hydrogen-bond acceptors (Lipinski definition) is 3. The summed E-state index contributed by atoms with van der Waals surface area (Å²) in [6, 6.07) is 13.2. The van der Waals surface area contributed by atoms with Crippen molar-refractivity contribution in [2.75, 3.05) is 0 Å².